The van der Waals surface area contributed by atoms with E-state index in [1.807, 2.05) is 31.3 Å². The second kappa shape index (κ2) is 5.82. The molecule has 0 spiro atoms. The van der Waals surface area contributed by atoms with Crippen LogP contribution in [0, 0.1) is 6.92 Å². The number of hydrogen-bond donors (Lipinski definition) is 1. The SMILES string of the molecule is Cc1ccc2oc(Nc3ncc(N4CCN(C)CC4)s3)nc2c1. The standard InChI is InChI=1S/C16H19N5OS/c1-11-3-4-13-12(9-11)18-15(22-13)19-16-17-10-14(23-16)21-7-5-20(2)6-8-21/h3-4,9-10H,5-8H2,1-2H3,(H,17,18,19). The average molecular weight is 329 g/mol. The number of likely N-dealkylation sites (N-methyl/N-ethyl adjacent to an activating group) is 1. The molecule has 4 rings (SSSR count). The first-order valence-electron chi connectivity index (χ1n) is 7.71. The molecule has 1 aromatic carbocycles. The second-order valence-electron chi connectivity index (χ2n) is 5.91. The third-order valence-electron chi connectivity index (χ3n) is 4.07. The summed E-state index contributed by atoms with van der Waals surface area (Å²) >= 11 is 1.63. The number of nitrogens with zero attached hydrogens (tertiary/aromatic N) is 4. The van der Waals surface area contributed by atoms with E-state index < -0.39 is 0 Å². The van der Waals surface area contributed by atoms with E-state index in [9.17, 15) is 0 Å². The van der Waals surface area contributed by atoms with Gasteiger partial charge in [0.15, 0.2) is 10.7 Å². The number of aromatic nitrogens is 2. The van der Waals surface area contributed by atoms with Crippen molar-refractivity contribution in [2.75, 3.05) is 43.4 Å². The molecule has 0 aliphatic carbocycles. The molecule has 7 heteroatoms. The number of fused-ring (bicyclic) bond motifs is 1. The zero-order chi connectivity index (χ0) is 15.8. The average Bonchev–Trinajstić information content (AvgIpc) is 3.14. The molecule has 120 valence electrons. The summed E-state index contributed by atoms with van der Waals surface area (Å²) in [6, 6.07) is 6.47. The third-order valence-corrected chi connectivity index (χ3v) is 5.04. The van der Waals surface area contributed by atoms with E-state index in [0.29, 0.717) is 6.01 Å². The van der Waals surface area contributed by atoms with E-state index in [1.54, 1.807) is 11.3 Å². The Morgan fingerprint density at radius 1 is 1.22 bits per heavy atom. The predicted molar refractivity (Wildman–Crippen MR) is 93.9 cm³/mol. The fraction of sp³-hybridized carbons (Fsp3) is 0.375. The van der Waals surface area contributed by atoms with Crippen molar-refractivity contribution >= 4 is 38.6 Å². The van der Waals surface area contributed by atoms with Crippen molar-refractivity contribution in [3.05, 3.63) is 30.0 Å². The molecule has 6 nitrogen and oxygen atoms in total. The molecule has 23 heavy (non-hydrogen) atoms. The van der Waals surface area contributed by atoms with E-state index in [2.05, 4.69) is 32.1 Å². The van der Waals surface area contributed by atoms with Crippen molar-refractivity contribution < 1.29 is 4.42 Å². The zero-order valence-corrected chi connectivity index (χ0v) is 14.1. The molecule has 1 fully saturated rings. The largest absolute Gasteiger partial charge is 0.423 e. The molecule has 2 aromatic heterocycles. The Bertz CT molecular complexity index is 819. The van der Waals surface area contributed by atoms with Gasteiger partial charge in [-0.3, -0.25) is 5.32 Å². The van der Waals surface area contributed by atoms with E-state index in [1.165, 1.54) is 10.6 Å². The van der Waals surface area contributed by atoms with Gasteiger partial charge in [-0.05, 0) is 31.7 Å². The zero-order valence-electron chi connectivity index (χ0n) is 13.2. The van der Waals surface area contributed by atoms with Crippen molar-refractivity contribution in [3.63, 3.8) is 0 Å². The summed E-state index contributed by atoms with van der Waals surface area (Å²) in [4.78, 5) is 13.6. The maximum absolute atomic E-state index is 5.72. The summed E-state index contributed by atoms with van der Waals surface area (Å²) in [6.45, 7) is 6.31. The summed E-state index contributed by atoms with van der Waals surface area (Å²) in [5.41, 5.74) is 2.82. The first-order chi connectivity index (χ1) is 11.2. The lowest BCUT2D eigenvalue weighted by Crippen LogP contribution is -2.44. The van der Waals surface area contributed by atoms with Gasteiger partial charge in [-0.1, -0.05) is 17.4 Å². The fourth-order valence-electron chi connectivity index (χ4n) is 2.68. The number of thiazole rings is 1. The van der Waals surface area contributed by atoms with Crippen molar-refractivity contribution in [3.8, 4) is 0 Å². The molecule has 0 atom stereocenters. The van der Waals surface area contributed by atoms with Gasteiger partial charge in [-0.2, -0.15) is 4.98 Å². The molecule has 1 aliphatic heterocycles. The smallest absolute Gasteiger partial charge is 0.302 e. The van der Waals surface area contributed by atoms with Crippen LogP contribution in [0.1, 0.15) is 5.56 Å². The highest BCUT2D eigenvalue weighted by Crippen LogP contribution is 2.30. The molecule has 3 heterocycles. The number of piperazine rings is 1. The number of hydrogen-bond acceptors (Lipinski definition) is 7. The Morgan fingerprint density at radius 3 is 2.87 bits per heavy atom. The fourth-order valence-corrected chi connectivity index (χ4v) is 3.54. The van der Waals surface area contributed by atoms with Crippen molar-refractivity contribution in [1.29, 1.82) is 0 Å². The van der Waals surface area contributed by atoms with Gasteiger partial charge in [0, 0.05) is 26.2 Å². The highest BCUT2D eigenvalue weighted by molar-refractivity contribution is 7.19. The lowest BCUT2D eigenvalue weighted by Gasteiger charge is -2.32. The van der Waals surface area contributed by atoms with Crippen LogP contribution in [-0.4, -0.2) is 48.1 Å². The third kappa shape index (κ3) is 3.02. The number of nitrogens with one attached hydrogen (secondary N) is 1. The number of oxazole rings is 1. The van der Waals surface area contributed by atoms with Crippen LogP contribution in [-0.2, 0) is 0 Å². The van der Waals surface area contributed by atoms with Crippen LogP contribution in [0.5, 0.6) is 0 Å². The molecule has 3 aromatic rings. The second-order valence-corrected chi connectivity index (χ2v) is 6.92. The Kier molecular flexibility index (Phi) is 3.66. The minimum absolute atomic E-state index is 0.491. The molecule has 0 bridgehead atoms. The van der Waals surface area contributed by atoms with Gasteiger partial charge < -0.3 is 14.2 Å². The number of anilines is 3. The lowest BCUT2D eigenvalue weighted by molar-refractivity contribution is 0.313. The van der Waals surface area contributed by atoms with Gasteiger partial charge in [-0.15, -0.1) is 0 Å². The van der Waals surface area contributed by atoms with Gasteiger partial charge in [0.1, 0.15) is 10.5 Å². The van der Waals surface area contributed by atoms with E-state index in [-0.39, 0.29) is 0 Å². The summed E-state index contributed by atoms with van der Waals surface area (Å²) in [7, 11) is 2.16. The minimum atomic E-state index is 0.491. The molecule has 0 saturated carbocycles. The van der Waals surface area contributed by atoms with Gasteiger partial charge in [0.05, 0.1) is 6.20 Å². The predicted octanol–water partition coefficient (Wildman–Crippen LogP) is 3.09. The van der Waals surface area contributed by atoms with Crippen molar-refractivity contribution in [1.82, 2.24) is 14.9 Å². The molecule has 1 saturated heterocycles. The van der Waals surface area contributed by atoms with Gasteiger partial charge in [-0.25, -0.2) is 4.98 Å². The number of benzene rings is 1. The van der Waals surface area contributed by atoms with E-state index in [0.717, 1.165) is 42.4 Å². The summed E-state index contributed by atoms with van der Waals surface area (Å²) in [5, 5.41) is 5.17. The van der Waals surface area contributed by atoms with Crippen LogP contribution in [0.25, 0.3) is 11.1 Å². The van der Waals surface area contributed by atoms with Crippen molar-refractivity contribution in [2.45, 2.75) is 6.92 Å². The molecule has 0 amide bonds. The van der Waals surface area contributed by atoms with Crippen LogP contribution in [0.3, 0.4) is 0 Å². The first-order valence-corrected chi connectivity index (χ1v) is 8.52. The van der Waals surface area contributed by atoms with Crippen LogP contribution in [0.15, 0.2) is 28.8 Å². The van der Waals surface area contributed by atoms with Crippen molar-refractivity contribution in [2.24, 2.45) is 0 Å². The minimum Gasteiger partial charge on any atom is -0.423 e. The summed E-state index contributed by atoms with van der Waals surface area (Å²) < 4.78 is 5.72. The molecule has 1 aliphatic rings. The molecule has 1 N–H and O–H groups in total. The maximum atomic E-state index is 5.72. The summed E-state index contributed by atoms with van der Waals surface area (Å²) in [6.07, 6.45) is 1.92. The normalized spacial score (nSPS) is 16.2. The number of aryl methyl sites for hydroxylation is 1. The number of rotatable bonds is 3. The van der Waals surface area contributed by atoms with E-state index >= 15 is 0 Å². The van der Waals surface area contributed by atoms with Gasteiger partial charge >= 0.3 is 6.01 Å². The Labute approximate surface area is 138 Å². The molecular weight excluding hydrogens is 310 g/mol. The maximum Gasteiger partial charge on any atom is 0.302 e. The van der Waals surface area contributed by atoms with Gasteiger partial charge in [0.25, 0.3) is 0 Å². The lowest BCUT2D eigenvalue weighted by atomic mass is 10.2. The molecular formula is C16H19N5OS. The Morgan fingerprint density at radius 2 is 2.04 bits per heavy atom. The molecule has 0 radical (unpaired) electrons. The van der Waals surface area contributed by atoms with E-state index in [4.69, 9.17) is 4.42 Å². The molecule has 0 unspecified atom stereocenters. The van der Waals surface area contributed by atoms with Crippen LogP contribution < -0.4 is 10.2 Å². The summed E-state index contributed by atoms with van der Waals surface area (Å²) in [5.74, 6) is 0. The van der Waals surface area contributed by atoms with Crippen LogP contribution in [0.4, 0.5) is 16.1 Å². The van der Waals surface area contributed by atoms with Crippen LogP contribution >= 0.6 is 11.3 Å². The highest BCUT2D eigenvalue weighted by Gasteiger charge is 2.17. The Balaban J connectivity index is 1.50. The first kappa shape index (κ1) is 14.5. The van der Waals surface area contributed by atoms with Crippen LogP contribution in [0.2, 0.25) is 0 Å². The highest BCUT2D eigenvalue weighted by atomic mass is 32.1. The topological polar surface area (TPSA) is 57.4 Å². The van der Waals surface area contributed by atoms with Gasteiger partial charge in [0.2, 0.25) is 0 Å². The monoisotopic (exact) mass is 329 g/mol. The quantitative estimate of drug-likeness (QED) is 0.797. The Hall–Kier alpha value is -2.12.